The molecule has 0 bridgehead atoms. The molecule has 0 spiro atoms. The molecule has 4 rings (SSSR count). The lowest BCUT2D eigenvalue weighted by Crippen LogP contribution is -2.34. The van der Waals surface area contributed by atoms with Gasteiger partial charge in [0.1, 0.15) is 0 Å². The molecule has 1 fully saturated rings. The molecule has 2 aliphatic carbocycles. The Morgan fingerprint density at radius 1 is 1.11 bits per heavy atom. The molecule has 0 radical (unpaired) electrons. The lowest BCUT2D eigenvalue weighted by molar-refractivity contribution is -0.151. The number of alkyl halides is 3. The Balaban J connectivity index is 1.24. The highest BCUT2D eigenvalue weighted by Gasteiger charge is 2.42. The first kappa shape index (κ1) is 19.7. The van der Waals surface area contributed by atoms with E-state index in [9.17, 15) is 13.2 Å². The molecule has 1 atom stereocenters. The van der Waals surface area contributed by atoms with Crippen molar-refractivity contribution < 1.29 is 13.2 Å². The van der Waals surface area contributed by atoms with Gasteiger partial charge >= 0.3 is 6.18 Å². The molecule has 0 saturated heterocycles. The minimum atomic E-state index is -4.05. The van der Waals surface area contributed by atoms with Gasteiger partial charge in [0, 0.05) is 29.5 Å². The molecule has 1 heterocycles. The third-order valence-corrected chi connectivity index (χ3v) is 6.71. The third kappa shape index (κ3) is 4.35. The van der Waals surface area contributed by atoms with E-state index in [4.69, 9.17) is 11.6 Å². The van der Waals surface area contributed by atoms with Crippen LogP contribution in [0.4, 0.5) is 13.2 Å². The summed E-state index contributed by atoms with van der Waals surface area (Å²) in [5.74, 6) is 0.534. The molecule has 2 nitrogen and oxygen atoms in total. The highest BCUT2D eigenvalue weighted by Crippen LogP contribution is 2.44. The number of allylic oxidation sites excluding steroid dienone is 2. The Labute approximate surface area is 168 Å². The maximum Gasteiger partial charge on any atom is 0.389 e. The average molecular weight is 409 g/mol. The number of halogens is 4. The van der Waals surface area contributed by atoms with Crippen LogP contribution in [0.3, 0.4) is 0 Å². The van der Waals surface area contributed by atoms with Gasteiger partial charge in [-0.1, -0.05) is 29.3 Å². The summed E-state index contributed by atoms with van der Waals surface area (Å²) in [5.41, 5.74) is 6.03. The number of hydrogen-bond acceptors (Lipinski definition) is 2. The Bertz CT molecular complexity index is 830. The fourth-order valence-electron chi connectivity index (χ4n) is 4.59. The van der Waals surface area contributed by atoms with Crippen molar-refractivity contribution in [3.8, 4) is 0 Å². The van der Waals surface area contributed by atoms with Crippen molar-refractivity contribution in [1.29, 1.82) is 0 Å². The molecule has 1 aromatic rings. The molecule has 1 saturated carbocycles. The van der Waals surface area contributed by atoms with Gasteiger partial charge in [-0.3, -0.25) is 0 Å². The van der Waals surface area contributed by atoms with Crippen LogP contribution in [0.5, 0.6) is 0 Å². The van der Waals surface area contributed by atoms with Crippen molar-refractivity contribution in [2.75, 3.05) is 0 Å². The molecule has 0 aromatic heterocycles. The lowest BCUT2D eigenvalue weighted by atomic mass is 9.68. The number of rotatable bonds is 6. The fourth-order valence-corrected chi connectivity index (χ4v) is 4.72. The van der Waals surface area contributed by atoms with Gasteiger partial charge in [-0.25, -0.2) is 0 Å². The zero-order valence-corrected chi connectivity index (χ0v) is 16.7. The van der Waals surface area contributed by atoms with Gasteiger partial charge in [0.05, 0.1) is 5.71 Å². The van der Waals surface area contributed by atoms with Crippen molar-refractivity contribution in [2.45, 2.75) is 58.0 Å². The van der Waals surface area contributed by atoms with Gasteiger partial charge in [-0.05, 0) is 74.1 Å². The summed E-state index contributed by atoms with van der Waals surface area (Å²) in [6, 6.07) is 8.01. The van der Waals surface area contributed by atoms with E-state index in [1.807, 2.05) is 12.1 Å². The highest BCUT2D eigenvalue weighted by atomic mass is 35.5. The van der Waals surface area contributed by atoms with Gasteiger partial charge in [0.2, 0.25) is 0 Å². The quantitative estimate of drug-likeness (QED) is 0.495. The second kappa shape index (κ2) is 7.66. The number of aryl methyl sites for hydroxylation is 1. The topological polar surface area (TPSA) is 24.7 Å². The Hall–Kier alpha value is -1.62. The molecular weight excluding hydrogens is 385 g/mol. The Morgan fingerprint density at radius 2 is 1.82 bits per heavy atom. The van der Waals surface area contributed by atoms with Crippen molar-refractivity contribution in [3.63, 3.8) is 0 Å². The monoisotopic (exact) mass is 408 g/mol. The minimum Gasteiger partial charge on any atom is -0.171 e. The van der Waals surface area contributed by atoms with Crippen molar-refractivity contribution in [2.24, 2.45) is 28.0 Å². The fraction of sp³-hybridized carbons (Fsp3) is 0.545. The van der Waals surface area contributed by atoms with E-state index in [0.717, 1.165) is 42.1 Å². The van der Waals surface area contributed by atoms with Crippen LogP contribution in [0, 0.1) is 17.8 Å². The largest absolute Gasteiger partial charge is 0.389 e. The molecule has 1 aliphatic heterocycles. The van der Waals surface area contributed by atoms with Crippen molar-refractivity contribution in [3.05, 3.63) is 46.0 Å². The Morgan fingerprint density at radius 3 is 2.46 bits per heavy atom. The summed E-state index contributed by atoms with van der Waals surface area (Å²) in [4.78, 5) is 0. The molecule has 1 unspecified atom stereocenters. The van der Waals surface area contributed by atoms with Crippen molar-refractivity contribution >= 4 is 23.0 Å². The summed E-state index contributed by atoms with van der Waals surface area (Å²) in [7, 11) is 0. The zero-order valence-electron chi connectivity index (χ0n) is 15.9. The molecule has 6 heteroatoms. The van der Waals surface area contributed by atoms with Crippen LogP contribution < -0.4 is 0 Å². The summed E-state index contributed by atoms with van der Waals surface area (Å²) >= 11 is 5.93. The molecule has 150 valence electrons. The van der Waals surface area contributed by atoms with Crippen molar-refractivity contribution in [1.82, 2.24) is 0 Å². The van der Waals surface area contributed by atoms with E-state index >= 15 is 0 Å². The lowest BCUT2D eigenvalue weighted by Gasteiger charge is -2.36. The molecule has 0 amide bonds. The predicted octanol–water partition coefficient (Wildman–Crippen LogP) is 6.79. The maximum atomic E-state index is 12.5. The smallest absolute Gasteiger partial charge is 0.171 e. The first-order chi connectivity index (χ1) is 13.3. The van der Waals surface area contributed by atoms with Crippen LogP contribution in [-0.4, -0.2) is 17.6 Å². The van der Waals surface area contributed by atoms with E-state index < -0.39 is 12.6 Å². The van der Waals surface area contributed by atoms with E-state index in [-0.39, 0.29) is 11.8 Å². The number of benzene rings is 1. The summed E-state index contributed by atoms with van der Waals surface area (Å²) in [6.07, 6.45) is 0.380. The van der Waals surface area contributed by atoms with Gasteiger partial charge < -0.3 is 0 Å². The third-order valence-electron chi connectivity index (χ3n) is 6.46. The normalized spacial score (nSPS) is 27.2. The van der Waals surface area contributed by atoms with Crippen LogP contribution in [0.15, 0.2) is 45.6 Å². The van der Waals surface area contributed by atoms with Crippen LogP contribution >= 0.6 is 11.6 Å². The van der Waals surface area contributed by atoms with E-state index in [1.165, 1.54) is 16.7 Å². The molecule has 28 heavy (non-hydrogen) atoms. The highest BCUT2D eigenvalue weighted by molar-refractivity contribution is 6.30. The van der Waals surface area contributed by atoms with Crippen LogP contribution in [0.1, 0.15) is 51.0 Å². The van der Waals surface area contributed by atoms with Crippen LogP contribution in [0.25, 0.3) is 0 Å². The van der Waals surface area contributed by atoms with E-state index in [1.54, 1.807) is 0 Å². The predicted molar refractivity (Wildman–Crippen MR) is 107 cm³/mol. The number of hydrogen-bond donors (Lipinski definition) is 0. The molecule has 1 aromatic carbocycles. The second-order valence-electron chi connectivity index (χ2n) is 8.40. The standard InChI is InChI=1S/C22H24ClF3N2/c1-13-16(5-2-14-3-6-18(23)7-4-14)10-19(13)21-11-20(27-28-21)17-8-15(9-17)12-22(24,25)26/h3-4,6-7,15-17H,2,5,8-12H2,1H3. The average Bonchev–Trinajstić information content (AvgIpc) is 3.06. The van der Waals surface area contributed by atoms with Gasteiger partial charge in [-0.15, -0.1) is 0 Å². The van der Waals surface area contributed by atoms with E-state index in [2.05, 4.69) is 29.3 Å². The SMILES string of the molecule is CC1=C(C2=NN=C(C3CC(CC(F)(F)F)C3)C2)CC1CCc1ccc(Cl)cc1. The van der Waals surface area contributed by atoms with Gasteiger partial charge in [0.25, 0.3) is 0 Å². The van der Waals surface area contributed by atoms with Gasteiger partial charge in [0.15, 0.2) is 0 Å². The zero-order chi connectivity index (χ0) is 19.9. The second-order valence-corrected chi connectivity index (χ2v) is 8.83. The first-order valence-electron chi connectivity index (χ1n) is 9.93. The first-order valence-corrected chi connectivity index (χ1v) is 10.3. The summed E-state index contributed by atoms with van der Waals surface area (Å²) in [6.45, 7) is 2.18. The summed E-state index contributed by atoms with van der Waals surface area (Å²) in [5, 5.41) is 9.44. The Kier molecular flexibility index (Phi) is 5.38. The van der Waals surface area contributed by atoms with E-state index in [0.29, 0.717) is 18.8 Å². The molecular formula is C22H24ClF3N2. The van der Waals surface area contributed by atoms with Crippen LogP contribution in [0.2, 0.25) is 5.02 Å². The maximum absolute atomic E-state index is 12.5. The van der Waals surface area contributed by atoms with Gasteiger partial charge in [-0.2, -0.15) is 23.4 Å². The molecule has 0 N–H and O–H groups in total. The molecule has 3 aliphatic rings. The van der Waals surface area contributed by atoms with Crippen LogP contribution in [-0.2, 0) is 6.42 Å². The minimum absolute atomic E-state index is 0.190. The number of nitrogens with zero attached hydrogens (tertiary/aromatic N) is 2. The summed E-state index contributed by atoms with van der Waals surface area (Å²) < 4.78 is 37.4.